The maximum absolute atomic E-state index is 12.3. The minimum Gasteiger partial charge on any atom is -0.484 e. The molecule has 0 aliphatic carbocycles. The summed E-state index contributed by atoms with van der Waals surface area (Å²) in [5.74, 6) is 0.0605. The molecule has 2 atom stereocenters. The number of ether oxygens (including phenoxy) is 1. The first-order valence-corrected chi connectivity index (χ1v) is 8.07. The number of nitrogens with zero attached hydrogens (tertiary/aromatic N) is 1. The van der Waals surface area contributed by atoms with Crippen molar-refractivity contribution < 1.29 is 14.3 Å². The number of likely N-dealkylation sites (N-methyl/N-ethyl adjacent to an activating group) is 1. The highest BCUT2D eigenvalue weighted by atomic mass is 16.5. The Hall–Kier alpha value is -2.08. The van der Waals surface area contributed by atoms with E-state index in [1.807, 2.05) is 11.9 Å². The molecule has 0 radical (unpaired) electrons. The van der Waals surface area contributed by atoms with Gasteiger partial charge in [0.05, 0.1) is 0 Å². The number of benzene rings is 1. The molecule has 2 bridgehead atoms. The Kier molecular flexibility index (Phi) is 4.52. The van der Waals surface area contributed by atoms with Crippen LogP contribution in [0.4, 0.5) is 0 Å². The summed E-state index contributed by atoms with van der Waals surface area (Å²) in [6.07, 6.45) is 4.47. The van der Waals surface area contributed by atoms with Crippen molar-refractivity contribution in [3.8, 4) is 5.75 Å². The van der Waals surface area contributed by atoms with Gasteiger partial charge in [0.2, 0.25) is 5.91 Å². The molecule has 0 spiro atoms. The Labute approximate surface area is 136 Å². The summed E-state index contributed by atoms with van der Waals surface area (Å²) in [7, 11) is 1.86. The number of nitrogens with one attached hydrogen (secondary N) is 1. The molecule has 124 valence electrons. The summed E-state index contributed by atoms with van der Waals surface area (Å²) in [6.45, 7) is 0.00563. The average molecular weight is 317 g/mol. The van der Waals surface area contributed by atoms with Gasteiger partial charge in [0.1, 0.15) is 5.75 Å². The third kappa shape index (κ3) is 3.64. The van der Waals surface area contributed by atoms with Crippen molar-refractivity contribution in [3.63, 3.8) is 0 Å². The van der Waals surface area contributed by atoms with Crippen molar-refractivity contribution >= 4 is 11.8 Å². The molecule has 2 aliphatic heterocycles. The molecule has 6 nitrogen and oxygen atoms in total. The number of amides is 2. The first-order chi connectivity index (χ1) is 11.0. The molecule has 2 heterocycles. The molecule has 2 aliphatic rings. The lowest BCUT2D eigenvalue weighted by atomic mass is 9.98. The maximum atomic E-state index is 12.3. The van der Waals surface area contributed by atoms with Crippen LogP contribution < -0.4 is 15.8 Å². The van der Waals surface area contributed by atoms with Crippen LogP contribution in [0, 0.1) is 0 Å². The van der Waals surface area contributed by atoms with Crippen LogP contribution in [0.3, 0.4) is 0 Å². The van der Waals surface area contributed by atoms with Gasteiger partial charge in [0.15, 0.2) is 6.61 Å². The standard InChI is InChI=1S/C17H23N3O3/c1-20(14-8-12-4-5-13(9-14)19-12)16(21)10-23-15-6-2-11(3-7-15)17(18)22/h2-3,6-7,12-14,19H,4-5,8-10H2,1H3,(H2,18,22). The molecular formula is C17H23N3O3. The van der Waals surface area contributed by atoms with Gasteiger partial charge in [0.25, 0.3) is 5.91 Å². The van der Waals surface area contributed by atoms with Crippen molar-refractivity contribution in [2.45, 2.75) is 43.8 Å². The fraction of sp³-hybridized carbons (Fsp3) is 0.529. The summed E-state index contributed by atoms with van der Waals surface area (Å²) in [5, 5.41) is 3.58. The quantitative estimate of drug-likeness (QED) is 0.845. The molecule has 2 amide bonds. The number of piperidine rings is 1. The van der Waals surface area contributed by atoms with Crippen molar-refractivity contribution in [1.82, 2.24) is 10.2 Å². The van der Waals surface area contributed by atoms with Crippen LogP contribution in [0.1, 0.15) is 36.0 Å². The van der Waals surface area contributed by atoms with E-state index in [4.69, 9.17) is 10.5 Å². The van der Waals surface area contributed by atoms with Gasteiger partial charge in [-0.3, -0.25) is 9.59 Å². The largest absolute Gasteiger partial charge is 0.484 e. The predicted molar refractivity (Wildman–Crippen MR) is 86.2 cm³/mol. The highest BCUT2D eigenvalue weighted by Crippen LogP contribution is 2.29. The highest BCUT2D eigenvalue weighted by Gasteiger charge is 2.36. The number of rotatable bonds is 5. The molecule has 2 fully saturated rings. The highest BCUT2D eigenvalue weighted by molar-refractivity contribution is 5.92. The lowest BCUT2D eigenvalue weighted by Gasteiger charge is -2.35. The molecule has 2 unspecified atom stereocenters. The van der Waals surface area contributed by atoms with Gasteiger partial charge in [-0.05, 0) is 49.9 Å². The Morgan fingerprint density at radius 1 is 1.22 bits per heavy atom. The first kappa shape index (κ1) is 15.8. The van der Waals surface area contributed by atoms with Gasteiger partial charge < -0.3 is 20.7 Å². The van der Waals surface area contributed by atoms with E-state index in [0.29, 0.717) is 29.4 Å². The number of carbonyl (C=O) groups excluding carboxylic acids is 2. The van der Waals surface area contributed by atoms with Gasteiger partial charge in [-0.1, -0.05) is 0 Å². The lowest BCUT2D eigenvalue weighted by molar-refractivity contribution is -0.134. The van der Waals surface area contributed by atoms with Crippen molar-refractivity contribution in [3.05, 3.63) is 29.8 Å². The van der Waals surface area contributed by atoms with Crippen molar-refractivity contribution in [2.75, 3.05) is 13.7 Å². The third-order valence-corrected chi connectivity index (χ3v) is 4.89. The summed E-state index contributed by atoms with van der Waals surface area (Å²) in [5.41, 5.74) is 5.61. The van der Waals surface area contributed by atoms with Crippen LogP contribution in [0.25, 0.3) is 0 Å². The van der Waals surface area contributed by atoms with E-state index in [0.717, 1.165) is 12.8 Å². The molecular weight excluding hydrogens is 294 g/mol. The van der Waals surface area contributed by atoms with Gasteiger partial charge in [-0.2, -0.15) is 0 Å². The van der Waals surface area contributed by atoms with Gasteiger partial charge in [-0.15, -0.1) is 0 Å². The second-order valence-corrected chi connectivity index (χ2v) is 6.45. The molecule has 1 aromatic carbocycles. The van der Waals surface area contributed by atoms with Gasteiger partial charge in [-0.25, -0.2) is 0 Å². The van der Waals surface area contributed by atoms with E-state index in [1.54, 1.807) is 24.3 Å². The normalized spacial score (nSPS) is 25.9. The Morgan fingerprint density at radius 2 is 1.83 bits per heavy atom. The average Bonchev–Trinajstić information content (AvgIpc) is 2.90. The lowest BCUT2D eigenvalue weighted by Crippen LogP contribution is -2.49. The molecule has 2 saturated heterocycles. The topological polar surface area (TPSA) is 84.7 Å². The number of fused-ring (bicyclic) bond motifs is 2. The molecule has 23 heavy (non-hydrogen) atoms. The Balaban J connectivity index is 1.51. The van der Waals surface area contributed by atoms with E-state index in [1.165, 1.54) is 12.8 Å². The zero-order valence-electron chi connectivity index (χ0n) is 13.3. The minimum atomic E-state index is -0.479. The fourth-order valence-electron chi connectivity index (χ4n) is 3.51. The Bertz CT molecular complexity index is 575. The van der Waals surface area contributed by atoms with Crippen LogP contribution in [0.15, 0.2) is 24.3 Å². The number of nitrogens with two attached hydrogens (primary N) is 1. The van der Waals surface area contributed by atoms with E-state index in [-0.39, 0.29) is 12.5 Å². The fourth-order valence-corrected chi connectivity index (χ4v) is 3.51. The molecule has 6 heteroatoms. The summed E-state index contributed by atoms with van der Waals surface area (Å²) in [6, 6.07) is 7.89. The summed E-state index contributed by atoms with van der Waals surface area (Å²) in [4.78, 5) is 25.2. The van der Waals surface area contributed by atoms with Crippen LogP contribution in [-0.4, -0.2) is 48.5 Å². The van der Waals surface area contributed by atoms with Gasteiger partial charge >= 0.3 is 0 Å². The molecule has 3 N–H and O–H groups in total. The zero-order valence-corrected chi connectivity index (χ0v) is 13.3. The summed E-state index contributed by atoms with van der Waals surface area (Å²) < 4.78 is 5.52. The second-order valence-electron chi connectivity index (χ2n) is 6.45. The van der Waals surface area contributed by atoms with E-state index in [9.17, 15) is 9.59 Å². The third-order valence-electron chi connectivity index (χ3n) is 4.89. The molecule has 0 saturated carbocycles. The van der Waals surface area contributed by atoms with Crippen LogP contribution in [0.5, 0.6) is 5.75 Å². The smallest absolute Gasteiger partial charge is 0.260 e. The van der Waals surface area contributed by atoms with Crippen molar-refractivity contribution in [1.29, 1.82) is 0 Å². The molecule has 0 aromatic heterocycles. The number of primary amides is 1. The van der Waals surface area contributed by atoms with Crippen molar-refractivity contribution in [2.24, 2.45) is 5.73 Å². The predicted octanol–water partition coefficient (Wildman–Crippen LogP) is 0.906. The molecule has 3 rings (SSSR count). The molecule has 1 aromatic rings. The second kappa shape index (κ2) is 6.58. The monoisotopic (exact) mass is 317 g/mol. The first-order valence-electron chi connectivity index (χ1n) is 8.07. The van der Waals surface area contributed by atoms with E-state index >= 15 is 0 Å². The number of hydrogen-bond acceptors (Lipinski definition) is 4. The maximum Gasteiger partial charge on any atom is 0.260 e. The Morgan fingerprint density at radius 3 is 2.39 bits per heavy atom. The number of hydrogen-bond donors (Lipinski definition) is 2. The minimum absolute atomic E-state index is 0.00563. The summed E-state index contributed by atoms with van der Waals surface area (Å²) >= 11 is 0. The SMILES string of the molecule is CN(C(=O)COc1ccc(C(N)=O)cc1)C1CC2CCC(C1)N2. The number of carbonyl (C=O) groups is 2. The van der Waals surface area contributed by atoms with Crippen LogP contribution >= 0.6 is 0 Å². The van der Waals surface area contributed by atoms with Crippen LogP contribution in [-0.2, 0) is 4.79 Å². The van der Waals surface area contributed by atoms with Gasteiger partial charge in [0, 0.05) is 30.7 Å². The zero-order chi connectivity index (χ0) is 16.4. The van der Waals surface area contributed by atoms with Crippen LogP contribution in [0.2, 0.25) is 0 Å². The van der Waals surface area contributed by atoms with E-state index in [2.05, 4.69) is 5.32 Å². The van der Waals surface area contributed by atoms with E-state index < -0.39 is 5.91 Å².